The van der Waals surface area contributed by atoms with Gasteiger partial charge in [-0.2, -0.15) is 0 Å². The predicted molar refractivity (Wildman–Crippen MR) is 135 cm³/mol. The maximum absolute atomic E-state index is 12.7. The fourth-order valence-electron chi connectivity index (χ4n) is 3.11. The van der Waals surface area contributed by atoms with E-state index in [4.69, 9.17) is 0 Å². The average molecular weight is 498 g/mol. The number of rotatable bonds is 9. The molecule has 2 aromatic carbocycles. The number of thioether (sulfide) groups is 2. The van der Waals surface area contributed by atoms with Gasteiger partial charge in [0.15, 0.2) is 15.3 Å². The molecule has 170 valence electrons. The van der Waals surface area contributed by atoms with Gasteiger partial charge >= 0.3 is 0 Å². The van der Waals surface area contributed by atoms with Gasteiger partial charge in [-0.25, -0.2) is 4.98 Å². The number of anilines is 1. The van der Waals surface area contributed by atoms with E-state index in [9.17, 15) is 9.59 Å². The lowest BCUT2D eigenvalue weighted by Crippen LogP contribution is -2.23. The van der Waals surface area contributed by atoms with Crippen molar-refractivity contribution in [3.05, 3.63) is 59.9 Å². The Labute approximate surface area is 204 Å². The van der Waals surface area contributed by atoms with E-state index in [1.165, 1.54) is 23.4 Å². The molecular formula is C23H23N5O2S3. The number of amides is 1. The molecule has 0 aliphatic heterocycles. The van der Waals surface area contributed by atoms with Crippen LogP contribution < -0.4 is 5.32 Å². The second-order valence-corrected chi connectivity index (χ2v) is 10.8. The molecule has 0 spiro atoms. The summed E-state index contributed by atoms with van der Waals surface area (Å²) in [5.41, 5.74) is 2.28. The number of para-hydroxylation sites is 1. The first kappa shape index (κ1) is 23.5. The summed E-state index contributed by atoms with van der Waals surface area (Å²) in [4.78, 5) is 28.7. The van der Waals surface area contributed by atoms with Crippen LogP contribution in [0.3, 0.4) is 0 Å². The van der Waals surface area contributed by atoms with Crippen LogP contribution in [-0.4, -0.2) is 36.7 Å². The number of thiazole rings is 1. The number of ketones is 1. The fraction of sp³-hybridized carbons (Fsp3) is 0.261. The summed E-state index contributed by atoms with van der Waals surface area (Å²) in [6.07, 6.45) is 0. The molecule has 4 rings (SSSR count). The zero-order valence-electron chi connectivity index (χ0n) is 18.4. The summed E-state index contributed by atoms with van der Waals surface area (Å²) in [7, 11) is 0. The summed E-state index contributed by atoms with van der Waals surface area (Å²) in [6, 6.07) is 15.0. The van der Waals surface area contributed by atoms with Crippen molar-refractivity contribution >= 4 is 62.5 Å². The summed E-state index contributed by atoms with van der Waals surface area (Å²) >= 11 is 4.69. The van der Waals surface area contributed by atoms with E-state index in [0.29, 0.717) is 28.7 Å². The van der Waals surface area contributed by atoms with Crippen molar-refractivity contribution in [1.82, 2.24) is 19.7 Å². The molecule has 0 aliphatic carbocycles. The zero-order valence-corrected chi connectivity index (χ0v) is 20.9. The van der Waals surface area contributed by atoms with E-state index < -0.39 is 0 Å². The Morgan fingerprint density at radius 3 is 2.58 bits per heavy atom. The highest BCUT2D eigenvalue weighted by Crippen LogP contribution is 2.32. The Bertz CT molecular complexity index is 1250. The van der Waals surface area contributed by atoms with Crippen LogP contribution in [-0.2, 0) is 17.1 Å². The number of nitrogens with one attached hydrogen (secondary N) is 1. The molecule has 0 aliphatic rings. The number of Topliss-reactive ketones (excluding diaryl/α,β-unsaturated/α-hetero) is 1. The minimum Gasteiger partial charge on any atom is -0.325 e. The van der Waals surface area contributed by atoms with Crippen LogP contribution in [0, 0.1) is 0 Å². The highest BCUT2D eigenvalue weighted by atomic mass is 32.2. The van der Waals surface area contributed by atoms with Crippen LogP contribution >= 0.6 is 34.9 Å². The van der Waals surface area contributed by atoms with E-state index in [0.717, 1.165) is 15.7 Å². The third-order valence-corrected chi connectivity index (χ3v) is 8.17. The van der Waals surface area contributed by atoms with Gasteiger partial charge in [-0.15, -0.1) is 21.5 Å². The largest absolute Gasteiger partial charge is 0.325 e. The maximum Gasteiger partial charge on any atom is 0.237 e. The monoisotopic (exact) mass is 497 g/mol. The van der Waals surface area contributed by atoms with E-state index in [2.05, 4.69) is 26.6 Å². The Hall–Kier alpha value is -2.69. The molecule has 1 atom stereocenters. The van der Waals surface area contributed by atoms with Crippen LogP contribution in [0.1, 0.15) is 37.0 Å². The molecule has 1 N–H and O–H groups in total. The Morgan fingerprint density at radius 2 is 1.88 bits per heavy atom. The summed E-state index contributed by atoms with van der Waals surface area (Å²) in [5, 5.41) is 11.9. The molecule has 2 aromatic heterocycles. The van der Waals surface area contributed by atoms with E-state index in [1.54, 1.807) is 47.4 Å². The van der Waals surface area contributed by atoms with Crippen molar-refractivity contribution in [1.29, 1.82) is 0 Å². The third-order valence-electron chi connectivity index (χ3n) is 4.92. The maximum atomic E-state index is 12.7. The predicted octanol–water partition coefficient (Wildman–Crippen LogP) is 5.52. The number of nitrogens with zero attached hydrogens (tertiary/aromatic N) is 4. The summed E-state index contributed by atoms with van der Waals surface area (Å²) in [5.74, 6) is 1.38. The minimum atomic E-state index is -0.364. The number of carbonyl (C=O) groups is 2. The lowest BCUT2D eigenvalue weighted by Gasteiger charge is -2.13. The minimum absolute atomic E-state index is 0.00666. The Kier molecular flexibility index (Phi) is 7.46. The second kappa shape index (κ2) is 10.5. The highest BCUT2D eigenvalue weighted by molar-refractivity contribution is 8.00. The first-order valence-corrected chi connectivity index (χ1v) is 13.1. The fourth-order valence-corrected chi connectivity index (χ4v) is 6.05. The topological polar surface area (TPSA) is 89.8 Å². The normalized spacial score (nSPS) is 12.1. The number of hydrogen-bond donors (Lipinski definition) is 1. The van der Waals surface area contributed by atoms with E-state index >= 15 is 0 Å². The molecule has 0 saturated heterocycles. The standard InChI is InChI=1S/C23H23N5O2S3/c1-4-28-20(13-31-23-25-18-7-5-6-8-19(18)33-23)26-27-22(28)32-15(3)21(30)24-17-11-9-16(10-12-17)14(2)29/h5-12,15H,4,13H2,1-3H3,(H,24,30). The van der Waals surface area contributed by atoms with Crippen molar-refractivity contribution in [3.63, 3.8) is 0 Å². The highest BCUT2D eigenvalue weighted by Gasteiger charge is 2.20. The Balaban J connectivity index is 1.38. The van der Waals surface area contributed by atoms with Crippen molar-refractivity contribution in [2.45, 2.75) is 47.8 Å². The molecule has 10 heteroatoms. The van der Waals surface area contributed by atoms with Crippen molar-refractivity contribution in [2.75, 3.05) is 5.32 Å². The van der Waals surface area contributed by atoms with Crippen molar-refractivity contribution in [3.8, 4) is 0 Å². The number of benzene rings is 2. The average Bonchev–Trinajstić information content (AvgIpc) is 3.40. The van der Waals surface area contributed by atoms with Gasteiger partial charge in [0.2, 0.25) is 5.91 Å². The summed E-state index contributed by atoms with van der Waals surface area (Å²) in [6.45, 7) is 6.11. The quantitative estimate of drug-likeness (QED) is 0.240. The lowest BCUT2D eigenvalue weighted by molar-refractivity contribution is -0.115. The van der Waals surface area contributed by atoms with E-state index in [1.807, 2.05) is 36.6 Å². The SMILES string of the molecule is CCn1c(CSc2nc3ccccc3s2)nnc1SC(C)C(=O)Nc1ccc(C(C)=O)cc1. The van der Waals surface area contributed by atoms with Crippen molar-refractivity contribution in [2.24, 2.45) is 0 Å². The second-order valence-electron chi connectivity index (χ2n) is 7.26. The summed E-state index contributed by atoms with van der Waals surface area (Å²) < 4.78 is 4.21. The molecule has 0 saturated carbocycles. The number of fused-ring (bicyclic) bond motifs is 1. The van der Waals surface area contributed by atoms with Gasteiger partial charge in [0.1, 0.15) is 5.82 Å². The van der Waals surface area contributed by atoms with Crippen LogP contribution in [0.25, 0.3) is 10.2 Å². The Morgan fingerprint density at radius 1 is 1.12 bits per heavy atom. The van der Waals surface area contributed by atoms with Crippen LogP contribution in [0.15, 0.2) is 58.0 Å². The number of hydrogen-bond acceptors (Lipinski definition) is 8. The molecular weight excluding hydrogens is 474 g/mol. The lowest BCUT2D eigenvalue weighted by atomic mass is 10.1. The molecule has 0 radical (unpaired) electrons. The van der Waals surface area contributed by atoms with Crippen LogP contribution in [0.5, 0.6) is 0 Å². The van der Waals surface area contributed by atoms with Crippen molar-refractivity contribution < 1.29 is 9.59 Å². The van der Waals surface area contributed by atoms with Crippen LogP contribution in [0.4, 0.5) is 5.69 Å². The van der Waals surface area contributed by atoms with Gasteiger partial charge in [0.25, 0.3) is 0 Å². The molecule has 33 heavy (non-hydrogen) atoms. The van der Waals surface area contributed by atoms with Gasteiger partial charge in [0, 0.05) is 17.8 Å². The molecule has 4 aromatic rings. The molecule has 1 unspecified atom stereocenters. The molecule has 0 fully saturated rings. The number of carbonyl (C=O) groups excluding carboxylic acids is 2. The first-order valence-electron chi connectivity index (χ1n) is 10.4. The molecule has 7 nitrogen and oxygen atoms in total. The molecule has 1 amide bonds. The smallest absolute Gasteiger partial charge is 0.237 e. The van der Waals surface area contributed by atoms with Gasteiger partial charge in [-0.1, -0.05) is 35.7 Å². The number of aromatic nitrogens is 4. The zero-order chi connectivity index (χ0) is 23.4. The van der Waals surface area contributed by atoms with Gasteiger partial charge in [-0.3, -0.25) is 9.59 Å². The van der Waals surface area contributed by atoms with Gasteiger partial charge in [-0.05, 0) is 57.2 Å². The first-order chi connectivity index (χ1) is 15.9. The van der Waals surface area contributed by atoms with E-state index in [-0.39, 0.29) is 16.9 Å². The molecule has 2 heterocycles. The third kappa shape index (κ3) is 5.63. The van der Waals surface area contributed by atoms with Crippen LogP contribution in [0.2, 0.25) is 0 Å². The van der Waals surface area contributed by atoms with Gasteiger partial charge in [0.05, 0.1) is 21.2 Å². The molecule has 0 bridgehead atoms. The van der Waals surface area contributed by atoms with Gasteiger partial charge < -0.3 is 9.88 Å².